The van der Waals surface area contributed by atoms with Crippen LogP contribution in [-0.4, -0.2) is 58.1 Å². The second-order valence-electron chi connectivity index (χ2n) is 8.67. The molecule has 6 rings (SSSR count). The normalized spacial score (nSPS) is 15.9. The van der Waals surface area contributed by atoms with Crippen molar-refractivity contribution < 1.29 is 14.7 Å². The molecule has 4 heterocycles. The highest BCUT2D eigenvalue weighted by molar-refractivity contribution is 7.14. The Morgan fingerprint density at radius 1 is 1.24 bits per heavy atom. The van der Waals surface area contributed by atoms with Gasteiger partial charge in [0.25, 0.3) is 5.91 Å². The molecular weight excluding hydrogens is 442 g/mol. The molecule has 33 heavy (non-hydrogen) atoms. The van der Waals surface area contributed by atoms with E-state index in [1.54, 1.807) is 6.33 Å². The molecule has 2 aliphatic rings. The van der Waals surface area contributed by atoms with Gasteiger partial charge in [0.05, 0.1) is 11.8 Å². The zero-order valence-electron chi connectivity index (χ0n) is 18.3. The summed E-state index contributed by atoms with van der Waals surface area (Å²) >= 11 is 1.19. The molecule has 10 nitrogen and oxygen atoms in total. The Kier molecular flexibility index (Phi) is 4.44. The van der Waals surface area contributed by atoms with Gasteiger partial charge in [-0.2, -0.15) is 0 Å². The van der Waals surface area contributed by atoms with E-state index in [2.05, 4.69) is 20.2 Å². The maximum absolute atomic E-state index is 13.6. The fraction of sp³-hybridized carbons (Fsp3) is 0.409. The zero-order valence-corrected chi connectivity index (χ0v) is 19.1. The van der Waals surface area contributed by atoms with E-state index >= 15 is 0 Å². The van der Waals surface area contributed by atoms with Crippen LogP contribution in [-0.2, 0) is 13.6 Å². The maximum atomic E-state index is 13.6. The minimum atomic E-state index is -1.08. The first-order valence-electron chi connectivity index (χ1n) is 11.1. The van der Waals surface area contributed by atoms with Gasteiger partial charge in [0, 0.05) is 36.4 Å². The Morgan fingerprint density at radius 3 is 2.58 bits per heavy atom. The van der Waals surface area contributed by atoms with Crippen molar-refractivity contribution in [3.8, 4) is 0 Å². The van der Waals surface area contributed by atoms with Crippen molar-refractivity contribution in [2.75, 3.05) is 5.32 Å². The first kappa shape index (κ1) is 20.2. The van der Waals surface area contributed by atoms with Gasteiger partial charge in [-0.1, -0.05) is 0 Å². The Labute approximate surface area is 192 Å². The summed E-state index contributed by atoms with van der Waals surface area (Å²) in [5, 5.41) is 15.1. The maximum Gasteiger partial charge on any atom is 0.355 e. The standard InChI is InChI=1S/C22H23N7O3S/c1-3-28-15(20(30)29(11-4-5-11)12-6-7-12)8-13-17-16(23-10-27(17)2)18(25-19(13)28)26-22-24-14(9-33-22)21(31)32/h8-12H,3-7H2,1-2H3,(H,31,32)(H,24,25,26). The summed E-state index contributed by atoms with van der Waals surface area (Å²) in [7, 11) is 1.91. The van der Waals surface area contributed by atoms with Crippen LogP contribution in [0, 0.1) is 0 Å². The van der Waals surface area contributed by atoms with E-state index in [4.69, 9.17) is 4.98 Å². The highest BCUT2D eigenvalue weighted by atomic mass is 32.1. The average molecular weight is 466 g/mol. The zero-order chi connectivity index (χ0) is 22.9. The number of carboxylic acids is 1. The fourth-order valence-electron chi connectivity index (χ4n) is 4.50. The van der Waals surface area contributed by atoms with Crippen LogP contribution < -0.4 is 5.32 Å². The highest BCUT2D eigenvalue weighted by Crippen LogP contribution is 2.39. The summed E-state index contributed by atoms with van der Waals surface area (Å²) in [6, 6.07) is 2.68. The van der Waals surface area contributed by atoms with Crippen LogP contribution in [0.15, 0.2) is 17.8 Å². The monoisotopic (exact) mass is 465 g/mol. The molecule has 4 aromatic rings. The lowest BCUT2D eigenvalue weighted by atomic mass is 10.2. The number of rotatable bonds is 7. The second-order valence-corrected chi connectivity index (χ2v) is 9.53. The number of nitrogens with one attached hydrogen (secondary N) is 1. The number of hydrogen-bond donors (Lipinski definition) is 2. The number of carboxylic acid groups (broad SMARTS) is 1. The number of hydrogen-bond acceptors (Lipinski definition) is 7. The molecule has 0 spiro atoms. The molecule has 2 aliphatic carbocycles. The quantitative estimate of drug-likeness (QED) is 0.428. The molecule has 0 radical (unpaired) electrons. The van der Waals surface area contributed by atoms with Crippen LogP contribution in [0.5, 0.6) is 0 Å². The Hall–Kier alpha value is -3.47. The van der Waals surface area contributed by atoms with E-state index in [1.165, 1.54) is 16.7 Å². The average Bonchev–Trinajstić information content (AvgIpc) is 3.69. The Morgan fingerprint density at radius 2 is 1.97 bits per heavy atom. The topological polar surface area (TPSA) is 118 Å². The second kappa shape index (κ2) is 7.27. The number of nitrogens with zero attached hydrogens (tertiary/aromatic N) is 6. The lowest BCUT2D eigenvalue weighted by Crippen LogP contribution is -2.36. The molecule has 2 saturated carbocycles. The first-order chi connectivity index (χ1) is 16.0. The first-order valence-corrected chi connectivity index (χ1v) is 12.0. The molecule has 4 aromatic heterocycles. The number of fused-ring (bicyclic) bond motifs is 3. The van der Waals surface area contributed by atoms with Crippen LogP contribution in [0.2, 0.25) is 0 Å². The van der Waals surface area contributed by atoms with Gasteiger partial charge in [0.2, 0.25) is 0 Å². The molecule has 11 heteroatoms. The number of imidazole rings is 1. The number of carbonyl (C=O) groups excluding carboxylic acids is 1. The smallest absolute Gasteiger partial charge is 0.355 e. The van der Waals surface area contributed by atoms with Gasteiger partial charge in [0.15, 0.2) is 16.6 Å². The molecule has 0 aromatic carbocycles. The summed E-state index contributed by atoms with van der Waals surface area (Å²) in [5.41, 5.74) is 2.83. The summed E-state index contributed by atoms with van der Waals surface area (Å²) < 4.78 is 3.89. The van der Waals surface area contributed by atoms with Gasteiger partial charge in [-0.15, -0.1) is 11.3 Å². The number of anilines is 2. The number of aromatic carboxylic acids is 1. The van der Waals surface area contributed by atoms with Crippen molar-refractivity contribution in [2.24, 2.45) is 7.05 Å². The van der Waals surface area contributed by atoms with Crippen molar-refractivity contribution >= 4 is 56.2 Å². The van der Waals surface area contributed by atoms with Crippen molar-refractivity contribution in [1.29, 1.82) is 0 Å². The SMILES string of the molecule is CCn1c(C(=O)N(C2CC2)C2CC2)cc2c3c(ncn3C)c(Nc3nc(C(=O)O)cs3)nc21. The van der Waals surface area contributed by atoms with E-state index in [0.29, 0.717) is 46.4 Å². The summed E-state index contributed by atoms with van der Waals surface area (Å²) in [4.78, 5) is 40.4. The van der Waals surface area contributed by atoms with Gasteiger partial charge in [-0.05, 0) is 38.7 Å². The number of pyridine rings is 1. The van der Waals surface area contributed by atoms with Crippen LogP contribution in [0.3, 0.4) is 0 Å². The summed E-state index contributed by atoms with van der Waals surface area (Å²) in [6.45, 7) is 2.61. The number of aromatic nitrogens is 5. The third kappa shape index (κ3) is 3.26. The van der Waals surface area contributed by atoms with Gasteiger partial charge in [-0.3, -0.25) is 4.79 Å². The summed E-state index contributed by atoms with van der Waals surface area (Å²) in [6.07, 6.45) is 6.04. The highest BCUT2D eigenvalue weighted by Gasteiger charge is 2.43. The molecule has 0 bridgehead atoms. The summed E-state index contributed by atoms with van der Waals surface area (Å²) in [5.74, 6) is -0.516. The number of amides is 1. The minimum Gasteiger partial charge on any atom is -0.476 e. The third-order valence-electron chi connectivity index (χ3n) is 6.30. The van der Waals surface area contributed by atoms with E-state index in [0.717, 1.165) is 36.6 Å². The molecule has 0 atom stereocenters. The number of aryl methyl sites for hydroxylation is 2. The predicted octanol–water partition coefficient (Wildman–Crippen LogP) is 3.61. The third-order valence-corrected chi connectivity index (χ3v) is 7.06. The molecule has 170 valence electrons. The number of thiazole rings is 1. The van der Waals surface area contributed by atoms with Crippen molar-refractivity contribution in [3.05, 3.63) is 29.2 Å². The van der Waals surface area contributed by atoms with Crippen LogP contribution in [0.1, 0.15) is 53.6 Å². The number of carbonyl (C=O) groups is 2. The van der Waals surface area contributed by atoms with Crippen LogP contribution >= 0.6 is 11.3 Å². The predicted molar refractivity (Wildman–Crippen MR) is 124 cm³/mol. The minimum absolute atomic E-state index is 0.0223. The van der Waals surface area contributed by atoms with Gasteiger partial charge >= 0.3 is 5.97 Å². The lowest BCUT2D eigenvalue weighted by Gasteiger charge is -2.22. The van der Waals surface area contributed by atoms with E-state index in [-0.39, 0.29) is 11.6 Å². The molecule has 0 saturated heterocycles. The molecule has 0 unspecified atom stereocenters. The molecule has 0 aliphatic heterocycles. The van der Waals surface area contributed by atoms with Gasteiger partial charge < -0.3 is 24.5 Å². The lowest BCUT2D eigenvalue weighted by molar-refractivity contribution is 0.0688. The van der Waals surface area contributed by atoms with Crippen molar-refractivity contribution in [3.63, 3.8) is 0 Å². The van der Waals surface area contributed by atoms with Crippen LogP contribution in [0.4, 0.5) is 10.9 Å². The molecule has 2 N–H and O–H groups in total. The Balaban J connectivity index is 1.50. The Bertz CT molecular complexity index is 1410. The van der Waals surface area contributed by atoms with Crippen LogP contribution in [0.25, 0.3) is 22.1 Å². The molecule has 1 amide bonds. The van der Waals surface area contributed by atoms with E-state index in [1.807, 2.05) is 29.2 Å². The molecular formula is C22H23N7O3S. The molecule has 2 fully saturated rings. The largest absolute Gasteiger partial charge is 0.476 e. The van der Waals surface area contributed by atoms with E-state index < -0.39 is 5.97 Å². The van der Waals surface area contributed by atoms with E-state index in [9.17, 15) is 14.7 Å². The fourth-order valence-corrected chi connectivity index (χ4v) is 5.18. The van der Waals surface area contributed by atoms with Gasteiger partial charge in [0.1, 0.15) is 16.9 Å². The van der Waals surface area contributed by atoms with Crippen molar-refractivity contribution in [1.82, 2.24) is 29.0 Å². The van der Waals surface area contributed by atoms with Gasteiger partial charge in [-0.25, -0.2) is 19.7 Å². The van der Waals surface area contributed by atoms with Crippen molar-refractivity contribution in [2.45, 2.75) is 51.2 Å².